The predicted molar refractivity (Wildman–Crippen MR) is 112 cm³/mol. The molecule has 2 rings (SSSR count). The molecule has 2 aliphatic rings. The molecular weight excluding hydrogens is 354 g/mol. The van der Waals surface area contributed by atoms with Gasteiger partial charge >= 0.3 is 6.09 Å². The third-order valence-electron chi connectivity index (χ3n) is 5.66. The van der Waals surface area contributed by atoms with Gasteiger partial charge in [0.2, 0.25) is 5.91 Å². The van der Waals surface area contributed by atoms with Gasteiger partial charge in [-0.05, 0) is 71.3 Å². The van der Waals surface area contributed by atoms with Crippen LogP contribution in [0, 0.1) is 17.8 Å². The van der Waals surface area contributed by atoms with E-state index in [2.05, 4.69) is 24.1 Å². The third-order valence-corrected chi connectivity index (χ3v) is 5.66. The number of unbranched alkanes of at least 4 members (excludes halogenated alkanes) is 1. The van der Waals surface area contributed by atoms with Crippen LogP contribution in [-0.2, 0) is 9.53 Å². The van der Waals surface area contributed by atoms with Crippen molar-refractivity contribution in [3.8, 4) is 0 Å². The molecule has 0 aromatic carbocycles. The van der Waals surface area contributed by atoms with Gasteiger partial charge in [-0.3, -0.25) is 4.79 Å². The largest absolute Gasteiger partial charge is 0.444 e. The molecule has 2 amide bonds. The van der Waals surface area contributed by atoms with Gasteiger partial charge in [-0.2, -0.15) is 0 Å². The molecule has 0 bridgehead atoms. The van der Waals surface area contributed by atoms with Crippen molar-refractivity contribution in [1.82, 2.24) is 15.1 Å². The van der Waals surface area contributed by atoms with E-state index in [1.54, 1.807) is 4.90 Å². The second kappa shape index (κ2) is 10.5. The average Bonchev–Trinajstić information content (AvgIpc) is 2.59. The van der Waals surface area contributed by atoms with E-state index in [0.29, 0.717) is 25.9 Å². The van der Waals surface area contributed by atoms with E-state index >= 15 is 0 Å². The van der Waals surface area contributed by atoms with Gasteiger partial charge in [0.05, 0.1) is 0 Å². The summed E-state index contributed by atoms with van der Waals surface area (Å²) in [5, 5.41) is 3.10. The summed E-state index contributed by atoms with van der Waals surface area (Å²) in [4.78, 5) is 28.8. The van der Waals surface area contributed by atoms with Crippen LogP contribution in [0.3, 0.4) is 0 Å². The molecule has 2 unspecified atom stereocenters. The number of amides is 2. The number of carbonyl (C=O) groups excluding carboxylic acids is 2. The Hall–Kier alpha value is -1.30. The highest BCUT2D eigenvalue weighted by atomic mass is 16.6. The van der Waals surface area contributed by atoms with E-state index in [0.717, 1.165) is 37.8 Å². The van der Waals surface area contributed by atoms with Crippen molar-refractivity contribution in [3.05, 3.63) is 0 Å². The van der Waals surface area contributed by atoms with E-state index < -0.39 is 5.60 Å². The van der Waals surface area contributed by atoms with E-state index in [-0.39, 0.29) is 17.9 Å². The summed E-state index contributed by atoms with van der Waals surface area (Å²) in [5.74, 6) is 1.76. The first-order valence-electron chi connectivity index (χ1n) is 11.1. The van der Waals surface area contributed by atoms with Crippen molar-refractivity contribution >= 4 is 12.0 Å². The van der Waals surface area contributed by atoms with Crippen LogP contribution < -0.4 is 5.32 Å². The Morgan fingerprint density at radius 1 is 1.04 bits per heavy atom. The van der Waals surface area contributed by atoms with E-state index in [9.17, 15) is 9.59 Å². The van der Waals surface area contributed by atoms with E-state index in [1.165, 1.54) is 19.5 Å². The van der Waals surface area contributed by atoms with Crippen LogP contribution in [0.25, 0.3) is 0 Å². The quantitative estimate of drug-likeness (QED) is 0.699. The molecule has 6 nitrogen and oxygen atoms in total. The lowest BCUT2D eigenvalue weighted by atomic mass is 9.92. The highest BCUT2D eigenvalue weighted by molar-refractivity contribution is 5.79. The fourth-order valence-electron chi connectivity index (χ4n) is 4.44. The number of hydrogen-bond acceptors (Lipinski definition) is 4. The first kappa shape index (κ1) is 23.0. The number of likely N-dealkylation sites (tertiary alicyclic amines) is 2. The Morgan fingerprint density at radius 3 is 2.21 bits per heavy atom. The maximum atomic E-state index is 12.4. The molecule has 2 fully saturated rings. The minimum Gasteiger partial charge on any atom is -0.444 e. The van der Waals surface area contributed by atoms with Gasteiger partial charge in [0, 0.05) is 38.6 Å². The van der Waals surface area contributed by atoms with Gasteiger partial charge in [0.1, 0.15) is 5.60 Å². The van der Waals surface area contributed by atoms with Gasteiger partial charge in [0.25, 0.3) is 0 Å². The summed E-state index contributed by atoms with van der Waals surface area (Å²) in [6.07, 6.45) is 4.67. The molecule has 2 atom stereocenters. The number of nitrogens with one attached hydrogen (secondary N) is 1. The number of carbonyl (C=O) groups is 2. The van der Waals surface area contributed by atoms with Crippen LogP contribution in [0.1, 0.15) is 66.7 Å². The molecule has 2 aliphatic heterocycles. The van der Waals surface area contributed by atoms with Crippen LogP contribution in [0.4, 0.5) is 4.79 Å². The van der Waals surface area contributed by atoms with Crippen molar-refractivity contribution in [3.63, 3.8) is 0 Å². The maximum absolute atomic E-state index is 12.4. The first-order valence-corrected chi connectivity index (χ1v) is 11.1. The monoisotopic (exact) mass is 395 g/mol. The zero-order chi connectivity index (χ0) is 20.7. The molecular formula is C22H41N3O3. The predicted octanol–water partition coefficient (Wildman–Crippen LogP) is 3.51. The van der Waals surface area contributed by atoms with Crippen molar-refractivity contribution in [2.75, 3.05) is 39.3 Å². The molecule has 2 saturated heterocycles. The lowest BCUT2D eigenvalue weighted by Gasteiger charge is -2.35. The summed E-state index contributed by atoms with van der Waals surface area (Å²) in [6, 6.07) is 0. The van der Waals surface area contributed by atoms with Gasteiger partial charge < -0.3 is 19.9 Å². The minimum atomic E-state index is -0.477. The van der Waals surface area contributed by atoms with Crippen LogP contribution in [0.15, 0.2) is 0 Å². The molecule has 0 aromatic rings. The molecule has 28 heavy (non-hydrogen) atoms. The molecule has 0 spiro atoms. The molecule has 0 aliphatic carbocycles. The summed E-state index contributed by atoms with van der Waals surface area (Å²) in [5.41, 5.74) is -0.477. The topological polar surface area (TPSA) is 61.9 Å². The third kappa shape index (κ3) is 7.98. The molecule has 0 saturated carbocycles. The average molecular weight is 396 g/mol. The lowest BCUT2D eigenvalue weighted by Crippen LogP contribution is -2.45. The Kier molecular flexibility index (Phi) is 8.59. The van der Waals surface area contributed by atoms with Gasteiger partial charge in [0.15, 0.2) is 0 Å². The molecule has 1 N–H and O–H groups in total. The van der Waals surface area contributed by atoms with E-state index in [1.807, 2.05) is 20.8 Å². The number of piperidine rings is 2. The van der Waals surface area contributed by atoms with Crippen molar-refractivity contribution in [2.24, 2.45) is 17.8 Å². The van der Waals surface area contributed by atoms with Crippen molar-refractivity contribution in [2.45, 2.75) is 72.3 Å². The van der Waals surface area contributed by atoms with Crippen LogP contribution in [0.5, 0.6) is 0 Å². The zero-order valence-electron chi connectivity index (χ0n) is 18.6. The molecule has 0 radical (unpaired) electrons. The van der Waals surface area contributed by atoms with Crippen molar-refractivity contribution in [1.29, 1.82) is 0 Å². The van der Waals surface area contributed by atoms with Gasteiger partial charge in [-0.15, -0.1) is 0 Å². The second-order valence-electron chi connectivity index (χ2n) is 9.95. The minimum absolute atomic E-state index is 0.0162. The second-order valence-corrected chi connectivity index (χ2v) is 9.95. The Labute approximate surface area is 171 Å². The number of nitrogens with zero attached hydrogens (tertiary/aromatic N) is 2. The fraction of sp³-hybridized carbons (Fsp3) is 0.909. The highest BCUT2D eigenvalue weighted by Gasteiger charge is 2.29. The number of hydrogen-bond donors (Lipinski definition) is 1. The smallest absolute Gasteiger partial charge is 0.410 e. The van der Waals surface area contributed by atoms with Crippen LogP contribution >= 0.6 is 0 Å². The molecule has 2 heterocycles. The molecule has 162 valence electrons. The van der Waals surface area contributed by atoms with E-state index in [4.69, 9.17) is 4.74 Å². The highest BCUT2D eigenvalue weighted by Crippen LogP contribution is 2.21. The summed E-state index contributed by atoms with van der Waals surface area (Å²) in [6.45, 7) is 15.8. The molecule has 0 aromatic heterocycles. The summed E-state index contributed by atoms with van der Waals surface area (Å²) >= 11 is 0. The standard InChI is InChI=1S/C22H41N3O3/c1-17-14-18(2)16-24(15-17)11-7-6-10-23-20(26)19-8-12-25(13-9-19)21(27)28-22(3,4)5/h17-19H,6-16H2,1-5H3,(H,23,26). The van der Waals surface area contributed by atoms with Crippen LogP contribution in [0.2, 0.25) is 0 Å². The number of rotatable bonds is 6. The molecule has 6 heteroatoms. The Balaban J connectivity index is 1.57. The van der Waals surface area contributed by atoms with Gasteiger partial charge in [-0.1, -0.05) is 13.8 Å². The Morgan fingerprint density at radius 2 is 1.64 bits per heavy atom. The number of ether oxygens (including phenoxy) is 1. The normalized spacial score (nSPS) is 24.8. The summed E-state index contributed by atoms with van der Waals surface area (Å²) in [7, 11) is 0. The maximum Gasteiger partial charge on any atom is 0.410 e. The first-order chi connectivity index (χ1) is 13.1. The Bertz CT molecular complexity index is 500. The van der Waals surface area contributed by atoms with Gasteiger partial charge in [-0.25, -0.2) is 4.79 Å². The summed E-state index contributed by atoms with van der Waals surface area (Å²) < 4.78 is 5.41. The lowest BCUT2D eigenvalue weighted by molar-refractivity contribution is -0.126. The zero-order valence-corrected chi connectivity index (χ0v) is 18.6. The van der Waals surface area contributed by atoms with Crippen LogP contribution in [-0.4, -0.2) is 66.7 Å². The SMILES string of the molecule is CC1CC(C)CN(CCCCNC(=O)C2CCN(C(=O)OC(C)(C)C)CC2)C1. The van der Waals surface area contributed by atoms with Crippen molar-refractivity contribution < 1.29 is 14.3 Å². The fourth-order valence-corrected chi connectivity index (χ4v) is 4.44.